The number of ketones is 1. The number of hydrogen-bond donors (Lipinski definition) is 1. The van der Waals surface area contributed by atoms with E-state index in [0.29, 0.717) is 46.0 Å². The van der Waals surface area contributed by atoms with Crippen LogP contribution in [-0.4, -0.2) is 68.4 Å². The third-order valence-corrected chi connectivity index (χ3v) is 9.38. The van der Waals surface area contributed by atoms with Crippen molar-refractivity contribution >= 4 is 29.1 Å². The Morgan fingerprint density at radius 3 is 2.62 bits per heavy atom. The van der Waals surface area contributed by atoms with Crippen LogP contribution in [0.1, 0.15) is 41.2 Å². The molecule has 6 rings (SSSR count). The Morgan fingerprint density at radius 1 is 1.20 bits per heavy atom. The summed E-state index contributed by atoms with van der Waals surface area (Å²) in [6.07, 6.45) is 2.53. The minimum absolute atomic E-state index is 0.0165. The minimum Gasteiger partial charge on any atom is -0.504 e. The van der Waals surface area contributed by atoms with E-state index in [1.807, 2.05) is 6.08 Å². The van der Waals surface area contributed by atoms with Gasteiger partial charge in [0.2, 0.25) is 0 Å². The zero-order valence-electron chi connectivity index (χ0n) is 22.8. The van der Waals surface area contributed by atoms with Crippen molar-refractivity contribution in [2.75, 3.05) is 34.9 Å². The fourth-order valence-electron chi connectivity index (χ4n) is 7.21. The van der Waals surface area contributed by atoms with Crippen molar-refractivity contribution in [1.29, 1.82) is 0 Å². The highest BCUT2D eigenvalue weighted by molar-refractivity contribution is 6.30. The molecule has 1 N–H and O–H groups in total. The summed E-state index contributed by atoms with van der Waals surface area (Å²) in [6, 6.07) is 8.79. The van der Waals surface area contributed by atoms with Crippen molar-refractivity contribution in [2.45, 2.75) is 36.8 Å². The van der Waals surface area contributed by atoms with E-state index in [1.165, 1.54) is 21.3 Å². The van der Waals surface area contributed by atoms with Gasteiger partial charge in [-0.25, -0.2) is 0 Å². The van der Waals surface area contributed by atoms with E-state index >= 15 is 0 Å². The molecule has 9 nitrogen and oxygen atoms in total. The number of fused-ring (bicyclic) bond motifs is 1. The third-order valence-electron chi connectivity index (χ3n) is 9.13. The molecule has 10 heteroatoms. The summed E-state index contributed by atoms with van der Waals surface area (Å²) in [6.45, 7) is 0.768. The van der Waals surface area contributed by atoms with Crippen LogP contribution in [0.25, 0.3) is 0 Å². The van der Waals surface area contributed by atoms with Crippen molar-refractivity contribution in [3.8, 4) is 11.5 Å². The molecular formula is C30H31ClN2O7. The lowest BCUT2D eigenvalue weighted by Gasteiger charge is -2.57. The smallest absolute Gasteiger partial charge is 0.319 e. The molecule has 0 saturated carbocycles. The first kappa shape index (κ1) is 26.7. The number of benzene rings is 2. The Balaban J connectivity index is 1.55. The summed E-state index contributed by atoms with van der Waals surface area (Å²) < 4.78 is 16.3. The van der Waals surface area contributed by atoms with E-state index in [4.69, 9.17) is 30.6 Å². The van der Waals surface area contributed by atoms with Gasteiger partial charge >= 0.3 is 5.97 Å². The fourth-order valence-corrected chi connectivity index (χ4v) is 7.34. The van der Waals surface area contributed by atoms with Crippen LogP contribution in [0.4, 0.5) is 0 Å². The van der Waals surface area contributed by atoms with E-state index in [9.17, 15) is 14.7 Å². The maximum absolute atomic E-state index is 13.3. The maximum atomic E-state index is 13.3. The largest absolute Gasteiger partial charge is 0.504 e. The molecule has 0 spiro atoms. The molecule has 0 aromatic heterocycles. The van der Waals surface area contributed by atoms with Crippen LogP contribution >= 0.6 is 11.6 Å². The Morgan fingerprint density at radius 2 is 1.95 bits per heavy atom. The van der Waals surface area contributed by atoms with Crippen LogP contribution in [0.5, 0.6) is 11.5 Å². The number of phenols is 1. The summed E-state index contributed by atoms with van der Waals surface area (Å²) in [5.74, 6) is -0.899. The first-order valence-corrected chi connectivity index (χ1v) is 13.6. The number of oxime groups is 1. The molecule has 1 fully saturated rings. The standard InChI is InChI=1S/C30H31ClN2O7/c1-33-10-9-30-14-21(34)22(37-2)13-19(30)20(33)11-17-18(12-23(38-3)27(35)25(17)30)28-24(29(36)39-4)26(32-40-28)15-5-7-16(31)8-6-15/h5-8,12-13,19-20,24,28,35H,9-11,14H2,1-4H3/t19?,20-,24+,28-,30+/m0/s1. The lowest BCUT2D eigenvalue weighted by Crippen LogP contribution is -2.60. The van der Waals surface area contributed by atoms with Crippen LogP contribution in [0.2, 0.25) is 5.02 Å². The van der Waals surface area contributed by atoms with E-state index in [0.717, 1.165) is 12.1 Å². The number of likely N-dealkylation sites (N-methyl/N-ethyl adjacent to an activating group) is 1. The molecule has 5 atom stereocenters. The summed E-state index contributed by atoms with van der Waals surface area (Å²) in [5.41, 5.74) is 2.67. The molecule has 1 unspecified atom stereocenters. The fraction of sp³-hybridized carbons (Fsp3) is 0.433. The Hall–Kier alpha value is -3.56. The van der Waals surface area contributed by atoms with Crippen molar-refractivity contribution in [1.82, 2.24) is 4.90 Å². The number of rotatable bonds is 5. The summed E-state index contributed by atoms with van der Waals surface area (Å²) in [5, 5.41) is 16.5. The topological polar surface area (TPSA) is 107 Å². The highest BCUT2D eigenvalue weighted by atomic mass is 35.5. The number of allylic oxidation sites excluding steroid dienone is 1. The average Bonchev–Trinajstić information content (AvgIpc) is 3.39. The van der Waals surface area contributed by atoms with Gasteiger partial charge in [0.1, 0.15) is 11.6 Å². The normalized spacial score (nSPS) is 29.0. The van der Waals surface area contributed by atoms with Gasteiger partial charge in [0, 0.05) is 45.5 Å². The third kappa shape index (κ3) is 3.82. The lowest BCUT2D eigenvalue weighted by molar-refractivity contribution is -0.146. The predicted octanol–water partition coefficient (Wildman–Crippen LogP) is 3.94. The Bertz CT molecular complexity index is 1450. The molecule has 1 saturated heterocycles. The number of esters is 1. The van der Waals surface area contributed by atoms with Crippen molar-refractivity contribution in [3.63, 3.8) is 0 Å². The molecule has 2 aliphatic heterocycles. The molecule has 2 bridgehead atoms. The second kappa shape index (κ2) is 9.82. The van der Waals surface area contributed by atoms with Gasteiger partial charge in [0.05, 0.1) is 21.3 Å². The second-order valence-corrected chi connectivity index (χ2v) is 11.3. The lowest BCUT2D eigenvalue weighted by atomic mass is 9.53. The van der Waals surface area contributed by atoms with Crippen molar-refractivity contribution in [2.24, 2.45) is 17.0 Å². The molecular weight excluding hydrogens is 536 g/mol. The van der Waals surface area contributed by atoms with Gasteiger partial charge in [0.15, 0.2) is 29.1 Å². The van der Waals surface area contributed by atoms with E-state index in [-0.39, 0.29) is 35.7 Å². The number of Topliss-reactive ketones (excluding diaryl/α,β-unsaturated/α-hetero) is 1. The van der Waals surface area contributed by atoms with Gasteiger partial charge in [-0.15, -0.1) is 0 Å². The van der Waals surface area contributed by atoms with E-state index < -0.39 is 23.4 Å². The van der Waals surface area contributed by atoms with Crippen molar-refractivity contribution < 1.29 is 33.7 Å². The number of ether oxygens (including phenoxy) is 3. The van der Waals surface area contributed by atoms with Crippen LogP contribution < -0.4 is 4.74 Å². The number of hydrogen-bond acceptors (Lipinski definition) is 9. The predicted molar refractivity (Wildman–Crippen MR) is 147 cm³/mol. The minimum atomic E-state index is -0.870. The van der Waals surface area contributed by atoms with Gasteiger partial charge in [0.25, 0.3) is 0 Å². The van der Waals surface area contributed by atoms with E-state index in [1.54, 1.807) is 30.3 Å². The first-order valence-electron chi connectivity index (χ1n) is 13.2. The summed E-state index contributed by atoms with van der Waals surface area (Å²) in [4.78, 5) is 34.8. The Labute approximate surface area is 237 Å². The van der Waals surface area contributed by atoms with Crippen molar-refractivity contribution in [3.05, 3.63) is 69.4 Å². The van der Waals surface area contributed by atoms with Gasteiger partial charge in [-0.3, -0.25) is 9.59 Å². The van der Waals surface area contributed by atoms with E-state index in [2.05, 4.69) is 17.1 Å². The van der Waals surface area contributed by atoms with Crippen LogP contribution in [0.15, 0.2) is 47.3 Å². The second-order valence-electron chi connectivity index (χ2n) is 10.9. The molecule has 0 amide bonds. The van der Waals surface area contributed by atoms with Gasteiger partial charge < -0.3 is 29.1 Å². The zero-order chi connectivity index (χ0) is 28.3. The van der Waals surface area contributed by atoms with Crippen LogP contribution in [-0.2, 0) is 35.7 Å². The Kier molecular flexibility index (Phi) is 6.54. The highest BCUT2D eigenvalue weighted by Gasteiger charge is 2.58. The molecule has 210 valence electrons. The SMILES string of the molecule is COC(=O)[C@@H]1C(c2ccc(Cl)cc2)=NO[C@H]1c1cc(OC)c(O)c2c1C[C@H]1C3C=C(OC)C(=O)C[C@@]23CCN1C. The monoisotopic (exact) mass is 566 g/mol. The molecule has 2 aliphatic carbocycles. The highest BCUT2D eigenvalue weighted by Crippen LogP contribution is 2.59. The number of halogens is 1. The first-order chi connectivity index (χ1) is 19.2. The number of piperidine rings is 1. The van der Waals surface area contributed by atoms with Gasteiger partial charge in [-0.2, -0.15) is 0 Å². The van der Waals surface area contributed by atoms with Crippen LogP contribution in [0.3, 0.4) is 0 Å². The maximum Gasteiger partial charge on any atom is 0.319 e. The number of phenolic OH excluding ortho intramolecular Hbond substituents is 1. The molecule has 2 aromatic carbocycles. The number of nitrogens with zero attached hydrogens (tertiary/aromatic N) is 2. The number of aromatic hydroxyl groups is 1. The van der Waals surface area contributed by atoms with Gasteiger partial charge in [-0.1, -0.05) is 28.9 Å². The summed E-state index contributed by atoms with van der Waals surface area (Å²) in [7, 11) is 6.41. The molecule has 40 heavy (non-hydrogen) atoms. The number of likely N-dealkylation sites (tertiary alicyclic amines) is 1. The molecule has 0 radical (unpaired) electrons. The molecule has 4 aliphatic rings. The summed E-state index contributed by atoms with van der Waals surface area (Å²) >= 11 is 6.10. The average molecular weight is 567 g/mol. The molecule has 2 heterocycles. The number of carbonyl (C=O) groups excluding carboxylic acids is 2. The molecule has 2 aromatic rings. The zero-order valence-corrected chi connectivity index (χ0v) is 23.5. The van der Waals surface area contributed by atoms with Gasteiger partial charge in [-0.05, 0) is 56.3 Å². The number of carbonyl (C=O) groups is 2. The number of methoxy groups -OCH3 is 3. The van der Waals surface area contributed by atoms with Crippen LogP contribution in [0, 0.1) is 11.8 Å². The quantitative estimate of drug-likeness (QED) is 0.543.